The normalized spacial score (nSPS) is 9.27. The maximum Gasteiger partial charge on any atom is 0.303 e. The Labute approximate surface area is 88.5 Å². The molecule has 0 spiro atoms. The molecule has 0 amide bonds. The molecule has 0 heterocycles. The summed E-state index contributed by atoms with van der Waals surface area (Å²) in [5, 5.41) is 24.2. The van der Waals surface area contributed by atoms with Crippen LogP contribution in [0.4, 0.5) is 0 Å². The number of carboxylic acid groups (broad SMARTS) is 1. The second-order valence-electron chi connectivity index (χ2n) is 2.37. The first-order valence-corrected chi connectivity index (χ1v) is 4.61. The molecule has 7 nitrogen and oxygen atoms in total. The Balaban J connectivity index is 0. The van der Waals surface area contributed by atoms with Crippen LogP contribution in [-0.4, -0.2) is 47.7 Å². The first-order valence-electron chi connectivity index (χ1n) is 4.61. The van der Waals surface area contributed by atoms with Gasteiger partial charge in [0.1, 0.15) is 0 Å². The minimum Gasteiger partial charge on any atom is -0.481 e. The van der Waals surface area contributed by atoms with E-state index in [0.29, 0.717) is 6.42 Å². The van der Waals surface area contributed by atoms with Gasteiger partial charge in [-0.3, -0.25) is 14.5 Å². The molecule has 0 aliphatic rings. The van der Waals surface area contributed by atoms with Crippen molar-refractivity contribution in [3.8, 4) is 0 Å². The lowest BCUT2D eigenvalue weighted by Crippen LogP contribution is -2.19. The molecule has 0 fully saturated rings. The summed E-state index contributed by atoms with van der Waals surface area (Å²) in [5.41, 5.74) is 2.07. The lowest BCUT2D eigenvalue weighted by Gasteiger charge is -2.01. The Hall–Kier alpha value is -0.730. The molecule has 0 aromatic heterocycles. The molecule has 0 rings (SSSR count). The minimum absolute atomic E-state index is 0.0600. The zero-order chi connectivity index (χ0) is 11.9. The van der Waals surface area contributed by atoms with E-state index < -0.39 is 5.97 Å². The molecule has 0 aliphatic heterocycles. The highest BCUT2D eigenvalue weighted by Gasteiger charge is 1.87. The average molecular weight is 225 g/mol. The number of aliphatic hydroxyl groups is 2. The number of carbonyl (C=O) groups is 1. The van der Waals surface area contributed by atoms with Gasteiger partial charge >= 0.3 is 5.97 Å². The van der Waals surface area contributed by atoms with Crippen LogP contribution in [0.2, 0.25) is 0 Å². The van der Waals surface area contributed by atoms with Gasteiger partial charge in [0.05, 0.1) is 26.4 Å². The third-order valence-electron chi connectivity index (χ3n) is 0.968. The third-order valence-corrected chi connectivity index (χ3v) is 0.968. The predicted molar refractivity (Wildman–Crippen MR) is 51.8 cm³/mol. The van der Waals surface area contributed by atoms with E-state index in [1.165, 1.54) is 0 Å². The van der Waals surface area contributed by atoms with Crippen molar-refractivity contribution in [2.24, 2.45) is 0 Å². The molecule has 0 radical (unpaired) electrons. The van der Waals surface area contributed by atoms with Crippen molar-refractivity contribution >= 4 is 5.97 Å². The molecule has 0 saturated carbocycles. The Morgan fingerprint density at radius 3 is 1.87 bits per heavy atom. The van der Waals surface area contributed by atoms with Gasteiger partial charge in [-0.25, -0.2) is 0 Å². The summed E-state index contributed by atoms with van der Waals surface area (Å²) < 4.78 is 0. The van der Waals surface area contributed by atoms with Crippen LogP contribution in [0.3, 0.4) is 0 Å². The van der Waals surface area contributed by atoms with Crippen molar-refractivity contribution in [1.82, 2.24) is 5.64 Å². The Kier molecular flexibility index (Phi) is 17.5. The lowest BCUT2D eigenvalue weighted by molar-refractivity contribution is -0.178. The largest absolute Gasteiger partial charge is 0.481 e. The summed E-state index contributed by atoms with van der Waals surface area (Å²) in [7, 11) is 0. The van der Waals surface area contributed by atoms with E-state index in [0.717, 1.165) is 6.42 Å². The maximum atomic E-state index is 9.60. The Bertz CT molecular complexity index is 126. The molecule has 7 heteroatoms. The van der Waals surface area contributed by atoms with Gasteiger partial charge in [0, 0.05) is 6.42 Å². The highest BCUT2D eigenvalue weighted by Crippen LogP contribution is 1.82. The highest BCUT2D eigenvalue weighted by molar-refractivity contribution is 5.66. The number of hydrogen-bond acceptors (Lipinski definition) is 6. The monoisotopic (exact) mass is 225 g/mol. The number of nitrogens with one attached hydrogen (secondary N) is 1. The van der Waals surface area contributed by atoms with E-state index in [4.69, 9.17) is 15.3 Å². The van der Waals surface area contributed by atoms with Crippen molar-refractivity contribution in [3.63, 3.8) is 0 Å². The molecule has 0 atom stereocenters. The van der Waals surface area contributed by atoms with E-state index in [1.807, 2.05) is 6.92 Å². The summed E-state index contributed by atoms with van der Waals surface area (Å²) in [6.07, 6.45) is 1.02. The lowest BCUT2D eigenvalue weighted by atomic mass is 10.4. The molecule has 4 N–H and O–H groups in total. The fourth-order valence-corrected chi connectivity index (χ4v) is 0.430. The second-order valence-corrected chi connectivity index (χ2v) is 2.37. The third kappa shape index (κ3) is 24.6. The van der Waals surface area contributed by atoms with Gasteiger partial charge in [-0.05, 0) is 6.42 Å². The minimum atomic E-state index is -0.711. The van der Waals surface area contributed by atoms with Crippen LogP contribution < -0.4 is 5.64 Å². The molecule has 0 bridgehead atoms. The quantitative estimate of drug-likeness (QED) is 0.319. The fraction of sp³-hybridized carbons (Fsp3) is 0.875. The van der Waals surface area contributed by atoms with Gasteiger partial charge in [0.25, 0.3) is 0 Å². The number of aliphatic carboxylic acids is 1. The SMILES string of the molecule is CCCC(=O)O.OCCONOCCO. The molecule has 92 valence electrons. The zero-order valence-electron chi connectivity index (χ0n) is 8.81. The van der Waals surface area contributed by atoms with Crippen LogP contribution in [0.5, 0.6) is 0 Å². The predicted octanol–water partition coefficient (Wildman–Crippen LogP) is -0.705. The maximum absolute atomic E-state index is 9.60. The van der Waals surface area contributed by atoms with E-state index in [2.05, 4.69) is 15.3 Å². The van der Waals surface area contributed by atoms with Crippen molar-refractivity contribution in [2.45, 2.75) is 19.8 Å². The second kappa shape index (κ2) is 15.7. The average Bonchev–Trinajstić information content (AvgIpc) is 2.18. The first kappa shape index (κ1) is 16.7. The van der Waals surface area contributed by atoms with Crippen LogP contribution in [-0.2, 0) is 14.5 Å². The molecule has 0 aliphatic carbocycles. The summed E-state index contributed by atoms with van der Waals surface area (Å²) in [5.74, 6) is -0.711. The smallest absolute Gasteiger partial charge is 0.303 e. The van der Waals surface area contributed by atoms with Gasteiger partial charge in [-0.1, -0.05) is 12.6 Å². The van der Waals surface area contributed by atoms with Crippen LogP contribution in [0.15, 0.2) is 0 Å². The summed E-state index contributed by atoms with van der Waals surface area (Å²) in [4.78, 5) is 18.5. The topological polar surface area (TPSA) is 108 Å². The van der Waals surface area contributed by atoms with Crippen molar-refractivity contribution in [2.75, 3.05) is 26.4 Å². The molecule has 15 heavy (non-hydrogen) atoms. The Morgan fingerprint density at radius 1 is 1.20 bits per heavy atom. The van der Waals surface area contributed by atoms with Gasteiger partial charge < -0.3 is 15.3 Å². The zero-order valence-corrected chi connectivity index (χ0v) is 8.81. The highest BCUT2D eigenvalue weighted by atomic mass is 16.9. The summed E-state index contributed by atoms with van der Waals surface area (Å²) in [6, 6.07) is 0. The Morgan fingerprint density at radius 2 is 1.67 bits per heavy atom. The molecule has 0 saturated heterocycles. The first-order chi connectivity index (χ1) is 7.18. The van der Waals surface area contributed by atoms with Crippen LogP contribution in [0, 0.1) is 0 Å². The molecule has 0 aromatic rings. The van der Waals surface area contributed by atoms with Gasteiger partial charge in [0.15, 0.2) is 0 Å². The fourth-order valence-electron chi connectivity index (χ4n) is 0.430. The number of aliphatic hydroxyl groups excluding tert-OH is 2. The van der Waals surface area contributed by atoms with E-state index in [-0.39, 0.29) is 26.4 Å². The van der Waals surface area contributed by atoms with Crippen LogP contribution in [0.1, 0.15) is 19.8 Å². The summed E-state index contributed by atoms with van der Waals surface area (Å²) in [6.45, 7) is 2.07. The molecular formula is C8H19NO6. The van der Waals surface area contributed by atoms with Gasteiger partial charge in [-0.15, -0.1) is 0 Å². The van der Waals surface area contributed by atoms with Crippen molar-refractivity contribution < 1.29 is 29.8 Å². The number of carboxylic acids is 1. The van der Waals surface area contributed by atoms with Crippen molar-refractivity contribution in [3.05, 3.63) is 0 Å². The molecule has 0 unspecified atom stereocenters. The molecule has 0 aromatic carbocycles. The van der Waals surface area contributed by atoms with E-state index in [9.17, 15) is 4.79 Å². The number of rotatable bonds is 8. The van der Waals surface area contributed by atoms with E-state index >= 15 is 0 Å². The summed E-state index contributed by atoms with van der Waals surface area (Å²) >= 11 is 0. The van der Waals surface area contributed by atoms with Gasteiger partial charge in [0.2, 0.25) is 0 Å². The van der Waals surface area contributed by atoms with E-state index in [1.54, 1.807) is 0 Å². The molecular weight excluding hydrogens is 206 g/mol. The van der Waals surface area contributed by atoms with Crippen LogP contribution >= 0.6 is 0 Å². The number of hydrogen-bond donors (Lipinski definition) is 4. The van der Waals surface area contributed by atoms with Crippen molar-refractivity contribution in [1.29, 1.82) is 0 Å². The van der Waals surface area contributed by atoms with Crippen LogP contribution in [0.25, 0.3) is 0 Å². The standard InChI is InChI=1S/C4H11NO4.C4H8O2/c6-1-3-8-5-9-4-2-7;1-2-3-4(5)6/h5-7H,1-4H2;2-3H2,1H3,(H,5,6). The van der Waals surface area contributed by atoms with Gasteiger partial charge in [-0.2, -0.15) is 0 Å².